The fraction of sp³-hybridized carbons (Fsp3) is 0.455. The lowest BCUT2D eigenvalue weighted by atomic mass is 10.2. The molecule has 0 aromatic heterocycles. The van der Waals surface area contributed by atoms with Gasteiger partial charge in [0.1, 0.15) is 0 Å². The van der Waals surface area contributed by atoms with E-state index in [4.69, 9.17) is 5.73 Å². The molecule has 2 rings (SSSR count). The molecular weight excluding hydrogens is 270 g/mol. The number of hydrogen-bond acceptors (Lipinski definition) is 5. The molecule has 0 aliphatic carbocycles. The number of sulfonamides is 1. The average molecular weight is 285 g/mol. The van der Waals surface area contributed by atoms with Crippen LogP contribution in [0.15, 0.2) is 23.1 Å². The lowest BCUT2D eigenvalue weighted by Crippen LogP contribution is -2.32. The first kappa shape index (κ1) is 13.9. The standard InChI is InChI=1S/C11H15N3O4S/c1-8-6-10(14(15)16)2-3-11(8)19(17,18)13-5-4-9(12)7-13/h2-3,6,9H,4-5,7,12H2,1H3/t9-/m1/s1. The van der Waals surface area contributed by atoms with Crippen molar-refractivity contribution in [3.63, 3.8) is 0 Å². The topological polar surface area (TPSA) is 107 Å². The fourth-order valence-corrected chi connectivity index (χ4v) is 3.87. The van der Waals surface area contributed by atoms with Gasteiger partial charge < -0.3 is 5.73 Å². The van der Waals surface area contributed by atoms with Crippen LogP contribution in [-0.2, 0) is 10.0 Å². The Morgan fingerprint density at radius 2 is 2.16 bits per heavy atom. The Hall–Kier alpha value is -1.51. The number of rotatable bonds is 3. The second-order valence-electron chi connectivity index (χ2n) is 4.62. The average Bonchev–Trinajstić information content (AvgIpc) is 2.76. The first-order valence-electron chi connectivity index (χ1n) is 5.83. The molecule has 1 aromatic rings. The molecule has 1 atom stereocenters. The third-order valence-electron chi connectivity index (χ3n) is 3.17. The first-order chi connectivity index (χ1) is 8.82. The Kier molecular flexibility index (Phi) is 3.57. The van der Waals surface area contributed by atoms with Crippen LogP contribution in [0.1, 0.15) is 12.0 Å². The van der Waals surface area contributed by atoms with E-state index in [9.17, 15) is 18.5 Å². The molecule has 0 spiro atoms. The van der Waals surface area contributed by atoms with E-state index in [1.807, 2.05) is 0 Å². The summed E-state index contributed by atoms with van der Waals surface area (Å²) in [6.07, 6.45) is 0.630. The van der Waals surface area contributed by atoms with Crippen LogP contribution in [0.3, 0.4) is 0 Å². The molecular formula is C11H15N3O4S. The Balaban J connectivity index is 2.38. The lowest BCUT2D eigenvalue weighted by molar-refractivity contribution is -0.385. The van der Waals surface area contributed by atoms with Gasteiger partial charge in [0.2, 0.25) is 10.0 Å². The lowest BCUT2D eigenvalue weighted by Gasteiger charge is -2.17. The van der Waals surface area contributed by atoms with Crippen LogP contribution in [0, 0.1) is 17.0 Å². The van der Waals surface area contributed by atoms with Gasteiger partial charge in [-0.2, -0.15) is 4.31 Å². The van der Waals surface area contributed by atoms with Crippen LogP contribution >= 0.6 is 0 Å². The highest BCUT2D eigenvalue weighted by molar-refractivity contribution is 7.89. The summed E-state index contributed by atoms with van der Waals surface area (Å²) >= 11 is 0. The molecule has 0 bridgehead atoms. The quantitative estimate of drug-likeness (QED) is 0.647. The minimum atomic E-state index is -3.61. The molecule has 7 nitrogen and oxygen atoms in total. The van der Waals surface area contributed by atoms with Gasteiger partial charge in [0.25, 0.3) is 5.69 Å². The van der Waals surface area contributed by atoms with E-state index in [0.29, 0.717) is 25.1 Å². The molecule has 104 valence electrons. The van der Waals surface area contributed by atoms with E-state index in [-0.39, 0.29) is 16.6 Å². The van der Waals surface area contributed by atoms with Crippen molar-refractivity contribution >= 4 is 15.7 Å². The van der Waals surface area contributed by atoms with Gasteiger partial charge in [-0.1, -0.05) is 0 Å². The van der Waals surface area contributed by atoms with Crippen LogP contribution in [-0.4, -0.2) is 36.8 Å². The van der Waals surface area contributed by atoms with Crippen LogP contribution < -0.4 is 5.73 Å². The summed E-state index contributed by atoms with van der Waals surface area (Å²) in [5, 5.41) is 10.6. The van der Waals surface area contributed by atoms with Crippen molar-refractivity contribution in [2.45, 2.75) is 24.3 Å². The van der Waals surface area contributed by atoms with E-state index in [1.165, 1.54) is 22.5 Å². The number of nitrogens with zero attached hydrogens (tertiary/aromatic N) is 2. The highest BCUT2D eigenvalue weighted by Crippen LogP contribution is 2.26. The van der Waals surface area contributed by atoms with Crippen molar-refractivity contribution in [2.75, 3.05) is 13.1 Å². The monoisotopic (exact) mass is 285 g/mol. The Bertz CT molecular complexity index is 614. The van der Waals surface area contributed by atoms with Crippen molar-refractivity contribution in [2.24, 2.45) is 5.73 Å². The summed E-state index contributed by atoms with van der Waals surface area (Å²) in [5.41, 5.74) is 5.96. The Morgan fingerprint density at radius 1 is 1.47 bits per heavy atom. The van der Waals surface area contributed by atoms with Gasteiger partial charge in [-0.25, -0.2) is 8.42 Å². The molecule has 1 fully saturated rings. The van der Waals surface area contributed by atoms with Gasteiger partial charge in [-0.15, -0.1) is 0 Å². The van der Waals surface area contributed by atoms with Crippen molar-refractivity contribution < 1.29 is 13.3 Å². The van der Waals surface area contributed by atoms with Crippen molar-refractivity contribution in [3.05, 3.63) is 33.9 Å². The Morgan fingerprint density at radius 3 is 2.63 bits per heavy atom. The maximum Gasteiger partial charge on any atom is 0.269 e. The smallest absolute Gasteiger partial charge is 0.269 e. The number of nitrogens with two attached hydrogens (primary N) is 1. The number of aryl methyl sites for hydroxylation is 1. The maximum absolute atomic E-state index is 12.4. The molecule has 1 aromatic carbocycles. The number of benzene rings is 1. The van der Waals surface area contributed by atoms with Crippen LogP contribution in [0.5, 0.6) is 0 Å². The zero-order valence-electron chi connectivity index (χ0n) is 10.4. The van der Waals surface area contributed by atoms with Crippen LogP contribution in [0.25, 0.3) is 0 Å². The number of non-ortho nitro benzene ring substituents is 1. The predicted octanol–water partition coefficient (Wildman–Crippen LogP) is 0.625. The zero-order chi connectivity index (χ0) is 14.2. The van der Waals surface area contributed by atoms with Gasteiger partial charge in [0.15, 0.2) is 0 Å². The molecule has 0 amide bonds. The summed E-state index contributed by atoms with van der Waals surface area (Å²) in [5.74, 6) is 0. The normalized spacial score (nSPS) is 20.6. The third-order valence-corrected chi connectivity index (χ3v) is 5.20. The molecule has 2 N–H and O–H groups in total. The van der Waals surface area contributed by atoms with Crippen molar-refractivity contribution in [3.8, 4) is 0 Å². The number of hydrogen-bond donors (Lipinski definition) is 1. The third kappa shape index (κ3) is 2.60. The van der Waals surface area contributed by atoms with Gasteiger partial charge in [0, 0.05) is 31.3 Å². The summed E-state index contributed by atoms with van der Waals surface area (Å²) in [6.45, 7) is 2.23. The molecule has 8 heteroatoms. The van der Waals surface area contributed by atoms with E-state index in [2.05, 4.69) is 0 Å². The fourth-order valence-electron chi connectivity index (χ4n) is 2.15. The highest BCUT2D eigenvalue weighted by atomic mass is 32.2. The second kappa shape index (κ2) is 4.87. The second-order valence-corrected chi connectivity index (χ2v) is 6.53. The molecule has 0 saturated carbocycles. The zero-order valence-corrected chi connectivity index (χ0v) is 11.3. The summed E-state index contributed by atoms with van der Waals surface area (Å²) < 4.78 is 26.1. The molecule has 19 heavy (non-hydrogen) atoms. The van der Waals surface area contributed by atoms with Gasteiger partial charge in [-0.05, 0) is 25.0 Å². The maximum atomic E-state index is 12.4. The molecule has 0 radical (unpaired) electrons. The minimum absolute atomic E-state index is 0.104. The Labute approximate surface area is 111 Å². The first-order valence-corrected chi connectivity index (χ1v) is 7.27. The van der Waals surface area contributed by atoms with Gasteiger partial charge >= 0.3 is 0 Å². The number of nitro groups is 1. The summed E-state index contributed by atoms with van der Waals surface area (Å²) in [6, 6.07) is 3.61. The minimum Gasteiger partial charge on any atom is -0.326 e. The van der Waals surface area contributed by atoms with Crippen LogP contribution in [0.2, 0.25) is 0 Å². The SMILES string of the molecule is Cc1cc([N+](=O)[O-])ccc1S(=O)(=O)N1CC[C@@H](N)C1. The van der Waals surface area contributed by atoms with E-state index >= 15 is 0 Å². The highest BCUT2D eigenvalue weighted by Gasteiger charge is 2.32. The van der Waals surface area contributed by atoms with E-state index in [1.54, 1.807) is 6.92 Å². The largest absolute Gasteiger partial charge is 0.326 e. The molecule has 1 aliphatic heterocycles. The molecule has 1 aliphatic rings. The van der Waals surface area contributed by atoms with Crippen LogP contribution in [0.4, 0.5) is 5.69 Å². The van der Waals surface area contributed by atoms with E-state index in [0.717, 1.165) is 0 Å². The summed E-state index contributed by atoms with van der Waals surface area (Å²) in [7, 11) is -3.61. The van der Waals surface area contributed by atoms with Gasteiger partial charge in [0.05, 0.1) is 9.82 Å². The molecule has 1 heterocycles. The molecule has 1 saturated heterocycles. The summed E-state index contributed by atoms with van der Waals surface area (Å²) in [4.78, 5) is 10.2. The van der Waals surface area contributed by atoms with Crippen molar-refractivity contribution in [1.82, 2.24) is 4.31 Å². The number of nitro benzene ring substituents is 1. The van der Waals surface area contributed by atoms with E-state index < -0.39 is 14.9 Å². The predicted molar refractivity (Wildman–Crippen MR) is 69.2 cm³/mol. The van der Waals surface area contributed by atoms with Crippen molar-refractivity contribution in [1.29, 1.82) is 0 Å². The van der Waals surface area contributed by atoms with Gasteiger partial charge in [-0.3, -0.25) is 10.1 Å². The molecule has 0 unspecified atom stereocenters.